The maximum atomic E-state index is 6.75. The smallest absolute Gasteiger partial charge is 0.352 e. The van der Waals surface area contributed by atoms with Crippen molar-refractivity contribution in [1.82, 2.24) is 0 Å². The average molecular weight is 147 g/mol. The van der Waals surface area contributed by atoms with Crippen LogP contribution in [-0.4, -0.2) is 10.8 Å². The second kappa shape index (κ2) is 4.49. The molecule has 0 heterocycles. The van der Waals surface area contributed by atoms with E-state index in [-0.39, 0.29) is 0 Å². The van der Waals surface area contributed by atoms with Crippen LogP contribution < -0.4 is 23.3 Å². The summed E-state index contributed by atoms with van der Waals surface area (Å²) in [5.74, 6) is 14.0. The zero-order valence-electron chi connectivity index (χ0n) is 5.10. The number of hydrogen-bond acceptors (Lipinski definition) is 4. The third kappa shape index (κ3) is 9.80. The van der Waals surface area contributed by atoms with E-state index in [0.717, 1.165) is 0 Å². The van der Waals surface area contributed by atoms with Crippen LogP contribution in [0.1, 0.15) is 0 Å². The van der Waals surface area contributed by atoms with E-state index in [0.29, 0.717) is 0 Å². The van der Waals surface area contributed by atoms with Gasteiger partial charge in [-0.05, 0) is 4.81 Å². The van der Waals surface area contributed by atoms with Gasteiger partial charge in [-0.1, -0.05) is 0 Å². The third-order valence-corrected chi connectivity index (χ3v) is 0.417. The lowest BCUT2D eigenvalue weighted by atomic mass is 11.0. The van der Waals surface area contributed by atoms with Crippen LogP contribution in [0.3, 0.4) is 0 Å². The van der Waals surface area contributed by atoms with E-state index < -0.39 is 10.8 Å². The standard InChI is InChI=1S/CH9N6.N3/c2-1(3)7(4,5)6;1-3-2/h4-6H2,(H3,2,3);/q+1;-1. The Bertz CT molecular complexity index is 131. The molecule has 0 amide bonds. The van der Waals surface area contributed by atoms with E-state index in [1.54, 1.807) is 0 Å². The fourth-order valence-electron chi connectivity index (χ4n) is 0. The molecule has 0 aromatic rings. The molecule has 0 aliphatic carbocycles. The van der Waals surface area contributed by atoms with Gasteiger partial charge in [-0.25, -0.2) is 5.41 Å². The van der Waals surface area contributed by atoms with Gasteiger partial charge in [0, 0.05) is 0 Å². The first-order valence-electron chi connectivity index (χ1n) is 1.94. The molecule has 9 nitrogen and oxygen atoms in total. The number of nitrogens with zero attached hydrogens (tertiary/aromatic N) is 4. The molecule has 0 aromatic heterocycles. The molecule has 10 heavy (non-hydrogen) atoms. The molecule has 9 heteroatoms. The van der Waals surface area contributed by atoms with Gasteiger partial charge in [0.05, 0.1) is 0 Å². The Balaban J connectivity index is 0. The van der Waals surface area contributed by atoms with Crippen molar-refractivity contribution in [3.05, 3.63) is 16.0 Å². The summed E-state index contributed by atoms with van der Waals surface area (Å²) in [7, 11) is 0. The van der Waals surface area contributed by atoms with Gasteiger partial charge in [-0.3, -0.25) is 4.91 Å². The van der Waals surface area contributed by atoms with Crippen molar-refractivity contribution in [2.45, 2.75) is 0 Å². The van der Waals surface area contributed by atoms with Crippen molar-refractivity contribution in [2.75, 3.05) is 0 Å². The lowest BCUT2D eigenvalue weighted by molar-refractivity contribution is -0.880. The minimum atomic E-state index is -1.08. The van der Waals surface area contributed by atoms with Crippen LogP contribution in [0.25, 0.3) is 16.0 Å². The van der Waals surface area contributed by atoms with Crippen LogP contribution >= 0.6 is 0 Å². The molecule has 58 valence electrons. The van der Waals surface area contributed by atoms with E-state index >= 15 is 0 Å². The predicted molar refractivity (Wildman–Crippen MR) is 34.8 cm³/mol. The Morgan fingerprint density at radius 2 is 1.40 bits per heavy atom. The van der Waals surface area contributed by atoms with Gasteiger partial charge in [0.25, 0.3) is 0 Å². The number of guanidine groups is 1. The van der Waals surface area contributed by atoms with Crippen molar-refractivity contribution in [3.8, 4) is 0 Å². The topological polar surface area (TPSA) is 187 Å². The van der Waals surface area contributed by atoms with E-state index in [1.807, 2.05) is 0 Å². The zero-order valence-corrected chi connectivity index (χ0v) is 5.10. The van der Waals surface area contributed by atoms with E-state index in [9.17, 15) is 0 Å². The largest absolute Gasteiger partial charge is 0.373 e. The summed E-state index contributed by atoms with van der Waals surface area (Å²) in [5, 5.41) is 6.52. The first kappa shape index (κ1) is 11.4. The Labute approximate surface area is 56.6 Å². The summed E-state index contributed by atoms with van der Waals surface area (Å²) in [6.45, 7) is 0. The fraction of sp³-hybridized carbons (Fsp3) is 0. The minimum Gasteiger partial charge on any atom is -0.373 e. The molecule has 0 aromatic carbocycles. The van der Waals surface area contributed by atoms with Crippen LogP contribution in [0, 0.1) is 5.41 Å². The molecule has 0 aliphatic rings. The van der Waals surface area contributed by atoms with Crippen LogP contribution in [-0.2, 0) is 0 Å². The van der Waals surface area contributed by atoms with Crippen LogP contribution in [0.4, 0.5) is 0 Å². The average Bonchev–Trinajstić information content (AvgIpc) is 1.64. The van der Waals surface area contributed by atoms with Gasteiger partial charge in [0.1, 0.15) is 0 Å². The normalized spacial score (nSPS) is 8.70. The van der Waals surface area contributed by atoms with Crippen molar-refractivity contribution in [1.29, 1.82) is 5.41 Å². The van der Waals surface area contributed by atoms with Crippen molar-refractivity contribution in [2.24, 2.45) is 23.3 Å². The molecule has 0 bridgehead atoms. The summed E-state index contributed by atoms with van der Waals surface area (Å²) in [6.07, 6.45) is 0. The summed E-state index contributed by atoms with van der Waals surface area (Å²) in [4.78, 5) is 0.417. The minimum absolute atomic E-state index is 0.486. The summed E-state index contributed by atoms with van der Waals surface area (Å²) < 4.78 is 0. The van der Waals surface area contributed by atoms with Gasteiger partial charge in [0.2, 0.25) is 0 Å². The fourth-order valence-corrected chi connectivity index (χ4v) is 0. The summed E-state index contributed by atoms with van der Waals surface area (Å²) >= 11 is 0. The lowest BCUT2D eigenvalue weighted by Crippen LogP contribution is -2.71. The Hall–Kier alpha value is -1.38. The molecule has 0 saturated carbocycles. The van der Waals surface area contributed by atoms with E-state index in [4.69, 9.17) is 39.7 Å². The Kier molecular flexibility index (Phi) is 5.13. The van der Waals surface area contributed by atoms with Gasteiger partial charge < -0.3 is 16.8 Å². The summed E-state index contributed by atoms with van der Waals surface area (Å²) in [6, 6.07) is 0. The molecule has 0 unspecified atom stereocenters. The molecule has 0 spiro atoms. The van der Waals surface area contributed by atoms with Crippen LogP contribution in [0.2, 0.25) is 0 Å². The Morgan fingerprint density at radius 3 is 1.40 bits per heavy atom. The van der Waals surface area contributed by atoms with Gasteiger partial charge in [-0.15, -0.1) is 17.5 Å². The Morgan fingerprint density at radius 1 is 1.30 bits per heavy atom. The molecule has 0 radical (unpaired) electrons. The van der Waals surface area contributed by atoms with Crippen LogP contribution in [0.15, 0.2) is 0 Å². The maximum Gasteiger partial charge on any atom is 0.352 e. The van der Waals surface area contributed by atoms with Crippen molar-refractivity contribution in [3.63, 3.8) is 0 Å². The highest BCUT2D eigenvalue weighted by Crippen LogP contribution is 1.63. The molecule has 0 atom stereocenters. The maximum absolute atomic E-state index is 6.75. The first-order chi connectivity index (χ1) is 4.36. The SMILES string of the molecule is N=C(N)[N+](N)(N)N.[N-]=[N+]=[N-]. The highest BCUT2D eigenvalue weighted by molar-refractivity contribution is 5.65. The summed E-state index contributed by atoms with van der Waals surface area (Å²) in [5.41, 5.74) is 18.2. The third-order valence-electron chi connectivity index (χ3n) is 0.417. The van der Waals surface area contributed by atoms with E-state index in [2.05, 4.69) is 0 Å². The number of rotatable bonds is 0. The molecule has 0 saturated heterocycles. The quantitative estimate of drug-likeness (QED) is 0.0394. The van der Waals surface area contributed by atoms with Gasteiger partial charge in [0.15, 0.2) is 0 Å². The molecular weight excluding hydrogens is 138 g/mol. The molecular formula is CH9N9. The number of nitrogens with two attached hydrogens (primary N) is 4. The second-order valence-electron chi connectivity index (χ2n) is 1.31. The van der Waals surface area contributed by atoms with Crippen molar-refractivity contribution >= 4 is 5.96 Å². The molecule has 0 fully saturated rings. The number of nitrogens with one attached hydrogen (secondary N) is 1. The van der Waals surface area contributed by atoms with E-state index in [1.165, 1.54) is 4.91 Å². The molecule has 9 N–H and O–H groups in total. The first-order valence-corrected chi connectivity index (χ1v) is 1.94. The highest BCUT2D eigenvalue weighted by atomic mass is 15.9. The van der Waals surface area contributed by atoms with Gasteiger partial charge in [-0.2, -0.15) is 0 Å². The lowest BCUT2D eigenvalue weighted by Gasteiger charge is -2.14. The predicted octanol–water partition coefficient (Wildman–Crippen LogP) is -1.82. The highest BCUT2D eigenvalue weighted by Gasteiger charge is 2.14. The van der Waals surface area contributed by atoms with Crippen LogP contribution in [0.5, 0.6) is 0 Å². The molecule has 0 rings (SSSR count). The number of hydrogen-bond donors (Lipinski definition) is 5. The van der Waals surface area contributed by atoms with Gasteiger partial charge >= 0.3 is 5.96 Å². The monoisotopic (exact) mass is 147 g/mol. The second-order valence-corrected chi connectivity index (χ2v) is 1.31. The van der Waals surface area contributed by atoms with Crippen molar-refractivity contribution < 1.29 is 4.81 Å². The molecule has 0 aliphatic heterocycles. The zero-order chi connectivity index (χ0) is 8.78. The number of quaternary nitrogens is 1.